The van der Waals surface area contributed by atoms with E-state index < -0.39 is 12.2 Å². The zero-order valence-corrected chi connectivity index (χ0v) is 13.5. The minimum Gasteiger partial charge on any atom is -0.492 e. The van der Waals surface area contributed by atoms with E-state index in [0.717, 1.165) is 24.1 Å². The van der Waals surface area contributed by atoms with Gasteiger partial charge >= 0.3 is 0 Å². The van der Waals surface area contributed by atoms with Gasteiger partial charge in [-0.25, -0.2) is 0 Å². The second-order valence-corrected chi connectivity index (χ2v) is 6.23. The van der Waals surface area contributed by atoms with E-state index in [1.165, 1.54) is 6.92 Å². The van der Waals surface area contributed by atoms with Crippen LogP contribution in [0.25, 0.3) is 0 Å². The summed E-state index contributed by atoms with van der Waals surface area (Å²) in [5, 5.41) is 19.8. The molecule has 6 heteroatoms. The number of hydrogen-bond acceptors (Lipinski definition) is 6. The van der Waals surface area contributed by atoms with Gasteiger partial charge in [-0.3, -0.25) is 4.79 Å². The van der Waals surface area contributed by atoms with Crippen molar-refractivity contribution in [3.63, 3.8) is 0 Å². The number of likely N-dealkylation sites (N-methyl/N-ethyl adjacent to an activating group) is 1. The van der Waals surface area contributed by atoms with Crippen molar-refractivity contribution in [2.75, 3.05) is 33.0 Å². The lowest BCUT2D eigenvalue weighted by atomic mass is 10.1. The molecule has 1 aromatic rings. The summed E-state index contributed by atoms with van der Waals surface area (Å²) in [5.74, 6) is 0.901. The highest BCUT2D eigenvalue weighted by Crippen LogP contribution is 2.22. The highest BCUT2D eigenvalue weighted by Gasteiger charge is 2.19. The van der Waals surface area contributed by atoms with Gasteiger partial charge in [0.05, 0.1) is 6.10 Å². The largest absolute Gasteiger partial charge is 0.492 e. The van der Waals surface area contributed by atoms with Gasteiger partial charge in [0.2, 0.25) is 0 Å². The molecule has 0 heterocycles. The Hall–Kier alpha value is -1.08. The fraction of sp³-hybridized carbons (Fsp3) is 0.533. The number of carbonyl (C=O) groups excluding carboxylic acids is 1. The molecule has 0 aromatic heterocycles. The van der Waals surface area contributed by atoms with E-state index in [9.17, 15) is 15.0 Å². The molecule has 0 aliphatic rings. The van der Waals surface area contributed by atoms with E-state index in [1.54, 1.807) is 24.3 Å². The van der Waals surface area contributed by atoms with Crippen LogP contribution in [0.5, 0.6) is 5.75 Å². The van der Waals surface area contributed by atoms with Gasteiger partial charge in [-0.1, -0.05) is 23.9 Å². The normalized spacial score (nSPS) is 14.0. The topological polar surface area (TPSA) is 70.0 Å². The first-order chi connectivity index (χ1) is 9.90. The minimum atomic E-state index is -1.01. The smallest absolute Gasteiger partial charge is 0.185 e. The van der Waals surface area contributed by atoms with Crippen molar-refractivity contribution < 1.29 is 19.7 Å². The quantitative estimate of drug-likeness (QED) is 0.754. The molecule has 0 amide bonds. The molecule has 0 aliphatic carbocycles. The van der Waals surface area contributed by atoms with Gasteiger partial charge in [-0.2, -0.15) is 0 Å². The number of ether oxygens (including phenoxy) is 1. The number of hydrogen-bond donors (Lipinski definition) is 2. The Bertz CT molecular complexity index is 436. The molecule has 5 nitrogen and oxygen atoms in total. The predicted octanol–water partition coefficient (Wildman–Crippen LogP) is 1.30. The van der Waals surface area contributed by atoms with Crippen molar-refractivity contribution in [3.8, 4) is 5.75 Å². The van der Waals surface area contributed by atoms with Gasteiger partial charge in [-0.15, -0.1) is 0 Å². The third kappa shape index (κ3) is 6.95. The SMILES string of the molecule is CC(=O)SCC(O)C(O)c1ccc(OCCN(C)C)cc1. The Labute approximate surface area is 129 Å². The van der Waals surface area contributed by atoms with Crippen LogP contribution in [-0.4, -0.2) is 59.3 Å². The standard InChI is InChI=1S/C15H23NO4S/c1-11(17)21-10-14(18)15(19)12-4-6-13(7-5-12)20-9-8-16(2)3/h4-7,14-15,18-19H,8-10H2,1-3H3. The van der Waals surface area contributed by atoms with Crippen molar-refractivity contribution in [2.24, 2.45) is 0 Å². The maximum atomic E-state index is 10.9. The summed E-state index contributed by atoms with van der Waals surface area (Å²) in [6.45, 7) is 2.85. The number of aliphatic hydroxyl groups is 2. The van der Waals surface area contributed by atoms with E-state index in [-0.39, 0.29) is 10.9 Å². The average molecular weight is 313 g/mol. The number of benzene rings is 1. The maximum absolute atomic E-state index is 10.9. The lowest BCUT2D eigenvalue weighted by Gasteiger charge is -2.18. The van der Waals surface area contributed by atoms with Crippen LogP contribution in [0.2, 0.25) is 0 Å². The van der Waals surface area contributed by atoms with Gasteiger partial charge in [0.1, 0.15) is 18.5 Å². The maximum Gasteiger partial charge on any atom is 0.185 e. The highest BCUT2D eigenvalue weighted by atomic mass is 32.2. The lowest BCUT2D eigenvalue weighted by Crippen LogP contribution is -2.21. The number of rotatable bonds is 8. The molecule has 0 bridgehead atoms. The molecular weight excluding hydrogens is 290 g/mol. The molecule has 2 atom stereocenters. The molecule has 1 rings (SSSR count). The Morgan fingerprint density at radius 2 is 1.90 bits per heavy atom. The summed E-state index contributed by atoms with van der Waals surface area (Å²) in [4.78, 5) is 12.9. The molecule has 0 saturated carbocycles. The molecule has 21 heavy (non-hydrogen) atoms. The minimum absolute atomic E-state index is 0.0779. The van der Waals surface area contributed by atoms with E-state index in [1.807, 2.05) is 19.0 Å². The monoisotopic (exact) mass is 313 g/mol. The van der Waals surface area contributed by atoms with Gasteiger partial charge in [-0.05, 0) is 31.8 Å². The van der Waals surface area contributed by atoms with E-state index in [4.69, 9.17) is 4.74 Å². The van der Waals surface area contributed by atoms with Crippen molar-refractivity contribution in [1.82, 2.24) is 4.90 Å². The summed E-state index contributed by atoms with van der Waals surface area (Å²) in [6, 6.07) is 6.97. The number of nitrogens with zero attached hydrogens (tertiary/aromatic N) is 1. The van der Waals surface area contributed by atoms with Crippen LogP contribution in [0.15, 0.2) is 24.3 Å². The molecule has 0 saturated heterocycles. The Morgan fingerprint density at radius 3 is 2.43 bits per heavy atom. The van der Waals surface area contributed by atoms with E-state index >= 15 is 0 Å². The number of carbonyl (C=O) groups is 1. The lowest BCUT2D eigenvalue weighted by molar-refractivity contribution is -0.109. The first-order valence-corrected chi connectivity index (χ1v) is 7.75. The Morgan fingerprint density at radius 1 is 1.29 bits per heavy atom. The summed E-state index contributed by atoms with van der Waals surface area (Å²) >= 11 is 1.00. The molecule has 1 aromatic carbocycles. The van der Waals surface area contributed by atoms with Crippen molar-refractivity contribution in [1.29, 1.82) is 0 Å². The van der Waals surface area contributed by atoms with Crippen LogP contribution in [0, 0.1) is 0 Å². The summed E-state index contributed by atoms with van der Waals surface area (Å²) in [5.41, 5.74) is 0.603. The Kier molecular flexibility index (Phi) is 7.74. The first kappa shape index (κ1) is 18.0. The van der Waals surface area contributed by atoms with Crippen LogP contribution in [0.3, 0.4) is 0 Å². The molecule has 2 N–H and O–H groups in total. The second-order valence-electron chi connectivity index (χ2n) is 5.04. The van der Waals surface area contributed by atoms with Crippen LogP contribution in [0.4, 0.5) is 0 Å². The molecule has 2 unspecified atom stereocenters. The third-order valence-electron chi connectivity index (χ3n) is 2.85. The summed E-state index contributed by atoms with van der Waals surface area (Å²) in [6.07, 6.45) is -1.98. The number of aliphatic hydroxyl groups excluding tert-OH is 2. The van der Waals surface area contributed by atoms with Crippen molar-refractivity contribution >= 4 is 16.9 Å². The molecule has 118 valence electrons. The Balaban J connectivity index is 2.50. The van der Waals surface area contributed by atoms with Crippen LogP contribution in [0.1, 0.15) is 18.6 Å². The fourth-order valence-corrected chi connectivity index (χ4v) is 2.21. The molecule has 0 radical (unpaired) electrons. The van der Waals surface area contributed by atoms with Gasteiger partial charge in [0.15, 0.2) is 5.12 Å². The molecule has 0 aliphatic heterocycles. The highest BCUT2D eigenvalue weighted by molar-refractivity contribution is 8.13. The zero-order valence-electron chi connectivity index (χ0n) is 12.7. The molecule has 0 fully saturated rings. The first-order valence-electron chi connectivity index (χ1n) is 6.77. The second kappa shape index (κ2) is 9.04. The van der Waals surface area contributed by atoms with E-state index in [2.05, 4.69) is 0 Å². The summed E-state index contributed by atoms with van der Waals surface area (Å²) < 4.78 is 5.56. The average Bonchev–Trinajstić information content (AvgIpc) is 2.44. The zero-order chi connectivity index (χ0) is 15.8. The number of thioether (sulfide) groups is 1. The van der Waals surface area contributed by atoms with Crippen LogP contribution < -0.4 is 4.74 Å². The fourth-order valence-electron chi connectivity index (χ4n) is 1.62. The third-order valence-corrected chi connectivity index (χ3v) is 3.77. The van der Waals surface area contributed by atoms with Gasteiger partial charge in [0.25, 0.3) is 0 Å². The van der Waals surface area contributed by atoms with Crippen LogP contribution >= 0.6 is 11.8 Å². The van der Waals surface area contributed by atoms with Gasteiger partial charge in [0, 0.05) is 19.2 Å². The van der Waals surface area contributed by atoms with Crippen LogP contribution in [-0.2, 0) is 4.79 Å². The van der Waals surface area contributed by atoms with E-state index in [0.29, 0.717) is 12.2 Å². The van der Waals surface area contributed by atoms with Crippen molar-refractivity contribution in [3.05, 3.63) is 29.8 Å². The van der Waals surface area contributed by atoms with Crippen molar-refractivity contribution in [2.45, 2.75) is 19.1 Å². The predicted molar refractivity (Wildman–Crippen MR) is 84.6 cm³/mol. The summed E-state index contributed by atoms with van der Waals surface area (Å²) in [7, 11) is 3.95. The van der Waals surface area contributed by atoms with Gasteiger partial charge < -0.3 is 19.8 Å². The molecular formula is C15H23NO4S. The molecule has 0 spiro atoms.